The number of ether oxygens (including phenoxy) is 1. The molecule has 1 aliphatic heterocycles. The molecular formula is C21H23Cl2N3O5P2. The molecule has 4 N–H and O–H groups in total. The van der Waals surface area contributed by atoms with Crippen LogP contribution >= 0.6 is 40.0 Å². The Morgan fingerprint density at radius 2 is 1.91 bits per heavy atom. The molecule has 3 unspecified atom stereocenters. The predicted molar refractivity (Wildman–Crippen MR) is 131 cm³/mol. The van der Waals surface area contributed by atoms with Crippen LogP contribution in [0.2, 0.25) is 10.3 Å². The second-order valence-corrected chi connectivity index (χ2v) is 11.1. The van der Waals surface area contributed by atoms with Crippen molar-refractivity contribution >= 4 is 56.7 Å². The van der Waals surface area contributed by atoms with Gasteiger partial charge >= 0.3 is 0 Å². The number of fused-ring (bicyclic) bond motifs is 1. The van der Waals surface area contributed by atoms with Crippen molar-refractivity contribution in [2.45, 2.75) is 31.6 Å². The fourth-order valence-corrected chi connectivity index (χ4v) is 5.57. The minimum absolute atomic E-state index is 0.131. The summed E-state index contributed by atoms with van der Waals surface area (Å²) < 4.78 is 11.4. The molecule has 33 heavy (non-hydrogen) atoms. The number of halogens is 2. The zero-order valence-electron chi connectivity index (χ0n) is 17.4. The molecule has 1 fully saturated rings. The molecule has 4 rings (SSSR count). The number of aromatic nitrogens is 2. The molecule has 1 aliphatic rings. The third-order valence-corrected chi connectivity index (χ3v) is 8.20. The van der Waals surface area contributed by atoms with Crippen LogP contribution in [0.5, 0.6) is 0 Å². The summed E-state index contributed by atoms with van der Waals surface area (Å²) in [5.41, 5.74) is 2.63. The first-order valence-corrected chi connectivity index (χ1v) is 13.8. The van der Waals surface area contributed by atoms with E-state index in [-0.39, 0.29) is 30.0 Å². The van der Waals surface area contributed by atoms with Crippen molar-refractivity contribution in [1.82, 2.24) is 9.97 Å². The first-order chi connectivity index (χ1) is 15.9. The molecular weight excluding hydrogens is 507 g/mol. The largest absolute Gasteiger partial charge is 0.368 e. The van der Waals surface area contributed by atoms with Gasteiger partial charge in [0.25, 0.3) is 0 Å². The summed E-state index contributed by atoms with van der Waals surface area (Å²) in [6.07, 6.45) is 1.27. The number of hydrogen-bond acceptors (Lipinski definition) is 8. The van der Waals surface area contributed by atoms with E-state index >= 15 is 0 Å². The van der Waals surface area contributed by atoms with Crippen LogP contribution in [0.4, 0.5) is 5.82 Å². The van der Waals surface area contributed by atoms with Gasteiger partial charge in [0.2, 0.25) is 5.28 Å². The van der Waals surface area contributed by atoms with Gasteiger partial charge < -0.3 is 29.3 Å². The SMILES string of the molecule is OP(O)CP(O)OCC1CCC(c2ccc3c(NCc4ccccc4Cl)nc(Cl)nc3c2)O1. The van der Waals surface area contributed by atoms with E-state index in [4.69, 9.17) is 42.2 Å². The number of rotatable bonds is 9. The number of nitrogens with zero attached hydrogens (tertiary/aromatic N) is 2. The van der Waals surface area contributed by atoms with Crippen LogP contribution in [0.25, 0.3) is 10.9 Å². The van der Waals surface area contributed by atoms with E-state index in [2.05, 4.69) is 15.3 Å². The standard InChI is InChI=1S/C21H23Cl2N3O5P2/c22-17-4-2-1-3-14(17)10-24-20-16-7-5-13(9-18(16)25-21(23)26-20)19-8-6-15(31-19)11-30-33(29)12-32(27)28/h1-5,7,9,15,19,27-29H,6,8,10-12H2,(H,24,25,26). The Hall–Kier alpha value is -1.18. The van der Waals surface area contributed by atoms with E-state index in [1.807, 2.05) is 42.5 Å². The lowest BCUT2D eigenvalue weighted by molar-refractivity contribution is 0.0178. The van der Waals surface area contributed by atoms with E-state index in [1.54, 1.807) is 0 Å². The Balaban J connectivity index is 1.43. The Labute approximate surface area is 203 Å². The summed E-state index contributed by atoms with van der Waals surface area (Å²) in [6, 6.07) is 13.5. The molecule has 0 spiro atoms. The lowest BCUT2D eigenvalue weighted by Gasteiger charge is -2.17. The van der Waals surface area contributed by atoms with Crippen LogP contribution in [-0.4, -0.2) is 43.3 Å². The molecule has 2 aromatic carbocycles. The maximum Gasteiger partial charge on any atom is 0.224 e. The van der Waals surface area contributed by atoms with Gasteiger partial charge in [-0.1, -0.05) is 35.9 Å². The van der Waals surface area contributed by atoms with Crippen molar-refractivity contribution in [3.63, 3.8) is 0 Å². The molecule has 1 aromatic heterocycles. The molecule has 0 aliphatic carbocycles. The van der Waals surface area contributed by atoms with Crippen LogP contribution < -0.4 is 5.32 Å². The van der Waals surface area contributed by atoms with E-state index in [0.29, 0.717) is 22.9 Å². The lowest BCUT2D eigenvalue weighted by Crippen LogP contribution is -2.13. The first kappa shape index (κ1) is 24.9. The van der Waals surface area contributed by atoms with Crippen LogP contribution in [0.3, 0.4) is 0 Å². The van der Waals surface area contributed by atoms with Gasteiger partial charge in [-0.3, -0.25) is 0 Å². The average Bonchev–Trinajstić information content (AvgIpc) is 3.25. The molecule has 0 radical (unpaired) electrons. The van der Waals surface area contributed by atoms with Gasteiger partial charge in [-0.15, -0.1) is 0 Å². The fourth-order valence-electron chi connectivity index (χ4n) is 3.67. The number of hydrogen-bond donors (Lipinski definition) is 4. The average molecular weight is 530 g/mol. The summed E-state index contributed by atoms with van der Waals surface area (Å²) in [6.45, 7) is 0.707. The van der Waals surface area contributed by atoms with Gasteiger partial charge in [0.15, 0.2) is 16.8 Å². The van der Waals surface area contributed by atoms with Crippen molar-refractivity contribution in [3.05, 3.63) is 63.9 Å². The monoisotopic (exact) mass is 529 g/mol. The number of benzene rings is 2. The van der Waals surface area contributed by atoms with Crippen molar-refractivity contribution in [1.29, 1.82) is 0 Å². The number of anilines is 1. The summed E-state index contributed by atoms with van der Waals surface area (Å²) in [7, 11) is -4.03. The zero-order valence-corrected chi connectivity index (χ0v) is 20.7. The molecule has 2 heterocycles. The number of nitrogens with one attached hydrogen (secondary N) is 1. The van der Waals surface area contributed by atoms with Gasteiger partial charge in [-0.05, 0) is 53.8 Å². The molecule has 3 atom stereocenters. The van der Waals surface area contributed by atoms with E-state index in [9.17, 15) is 4.89 Å². The van der Waals surface area contributed by atoms with Gasteiger partial charge in [0, 0.05) is 17.0 Å². The smallest absolute Gasteiger partial charge is 0.224 e. The fraction of sp³-hybridized carbons (Fsp3) is 0.333. The highest BCUT2D eigenvalue weighted by molar-refractivity contribution is 7.63. The summed E-state index contributed by atoms with van der Waals surface area (Å²) in [5, 5.41) is 4.95. The third-order valence-electron chi connectivity index (χ3n) is 5.23. The van der Waals surface area contributed by atoms with Gasteiger partial charge in [-0.25, -0.2) is 9.97 Å². The molecule has 3 aromatic rings. The molecule has 1 saturated heterocycles. The van der Waals surface area contributed by atoms with Crippen molar-refractivity contribution < 1.29 is 23.9 Å². The zero-order chi connectivity index (χ0) is 23.4. The van der Waals surface area contributed by atoms with Crippen LogP contribution in [0.15, 0.2) is 42.5 Å². The second kappa shape index (κ2) is 11.5. The van der Waals surface area contributed by atoms with Crippen molar-refractivity contribution in [2.75, 3.05) is 17.8 Å². The quantitative estimate of drug-likeness (QED) is 0.216. The minimum Gasteiger partial charge on any atom is -0.368 e. The Bertz CT molecular complexity index is 1110. The molecule has 0 amide bonds. The van der Waals surface area contributed by atoms with E-state index in [1.165, 1.54) is 0 Å². The highest BCUT2D eigenvalue weighted by atomic mass is 35.5. The molecule has 8 nitrogen and oxygen atoms in total. The van der Waals surface area contributed by atoms with Crippen LogP contribution in [0, 0.1) is 0 Å². The van der Waals surface area contributed by atoms with Gasteiger partial charge in [0.1, 0.15) is 5.82 Å². The Morgan fingerprint density at radius 3 is 2.70 bits per heavy atom. The van der Waals surface area contributed by atoms with E-state index in [0.717, 1.165) is 29.4 Å². The Morgan fingerprint density at radius 1 is 1.09 bits per heavy atom. The lowest BCUT2D eigenvalue weighted by atomic mass is 10.0. The second-order valence-electron chi connectivity index (χ2n) is 7.55. The topological polar surface area (TPSA) is 117 Å². The van der Waals surface area contributed by atoms with E-state index < -0.39 is 16.8 Å². The van der Waals surface area contributed by atoms with Crippen molar-refractivity contribution in [2.24, 2.45) is 0 Å². The van der Waals surface area contributed by atoms with Gasteiger partial charge in [-0.2, -0.15) is 0 Å². The predicted octanol–water partition coefficient (Wildman–Crippen LogP) is 5.34. The minimum atomic E-state index is -2.17. The maximum absolute atomic E-state index is 9.71. The normalized spacial score (nSPS) is 19.3. The highest BCUT2D eigenvalue weighted by Crippen LogP contribution is 2.44. The molecule has 0 bridgehead atoms. The summed E-state index contributed by atoms with van der Waals surface area (Å²) in [5.74, 6) is 0.484. The molecule has 176 valence electrons. The first-order valence-electron chi connectivity index (χ1n) is 10.2. The third kappa shape index (κ3) is 6.70. The van der Waals surface area contributed by atoms with Gasteiger partial charge in [0.05, 0.1) is 30.2 Å². The highest BCUT2D eigenvalue weighted by Gasteiger charge is 2.28. The molecule has 12 heteroatoms. The maximum atomic E-state index is 9.71. The Kier molecular flexibility index (Phi) is 8.69. The molecule has 0 saturated carbocycles. The summed E-state index contributed by atoms with van der Waals surface area (Å²) >= 11 is 12.4. The van der Waals surface area contributed by atoms with Crippen molar-refractivity contribution in [3.8, 4) is 0 Å². The van der Waals surface area contributed by atoms with Crippen LogP contribution in [0.1, 0.15) is 30.1 Å². The summed E-state index contributed by atoms with van der Waals surface area (Å²) in [4.78, 5) is 36.4. The van der Waals surface area contributed by atoms with Crippen LogP contribution in [-0.2, 0) is 15.8 Å².